The fraction of sp³-hybridized carbons (Fsp3) is 0.348. The standard InChI is InChI=1S/C23H27N3O3/c1-4-17(5-2)23(28)26(14-16-10-12-18(29-3)13-11-16)15-21-24-20-9-7-6-8-19(20)22(27)25-21/h6-13,17H,4-5,14-15H2,1-3H3,(H,24,25,27). The van der Waals surface area contributed by atoms with Crippen LogP contribution in [0.3, 0.4) is 0 Å². The lowest BCUT2D eigenvalue weighted by Gasteiger charge is -2.26. The molecule has 0 bridgehead atoms. The molecule has 6 nitrogen and oxygen atoms in total. The van der Waals surface area contributed by atoms with Crippen molar-refractivity contribution in [3.05, 3.63) is 70.3 Å². The fourth-order valence-electron chi connectivity index (χ4n) is 3.45. The van der Waals surface area contributed by atoms with E-state index >= 15 is 0 Å². The van der Waals surface area contributed by atoms with Crippen molar-refractivity contribution in [1.82, 2.24) is 14.9 Å². The maximum absolute atomic E-state index is 13.2. The number of fused-ring (bicyclic) bond motifs is 1. The van der Waals surface area contributed by atoms with Gasteiger partial charge in [0.05, 0.1) is 24.6 Å². The van der Waals surface area contributed by atoms with Gasteiger partial charge in [0.2, 0.25) is 5.91 Å². The van der Waals surface area contributed by atoms with Crippen molar-refractivity contribution in [2.75, 3.05) is 7.11 Å². The number of hydrogen-bond acceptors (Lipinski definition) is 4. The monoisotopic (exact) mass is 393 g/mol. The van der Waals surface area contributed by atoms with Gasteiger partial charge >= 0.3 is 0 Å². The van der Waals surface area contributed by atoms with Crippen LogP contribution in [-0.2, 0) is 17.9 Å². The molecule has 3 aromatic rings. The maximum Gasteiger partial charge on any atom is 0.258 e. The first-order chi connectivity index (χ1) is 14.0. The molecule has 152 valence electrons. The number of carbonyl (C=O) groups excluding carboxylic acids is 1. The Morgan fingerprint density at radius 2 is 1.76 bits per heavy atom. The normalized spacial score (nSPS) is 11.0. The topological polar surface area (TPSA) is 75.3 Å². The minimum atomic E-state index is -0.190. The zero-order valence-electron chi connectivity index (χ0n) is 17.1. The molecule has 29 heavy (non-hydrogen) atoms. The van der Waals surface area contributed by atoms with Crippen LogP contribution in [-0.4, -0.2) is 27.9 Å². The molecular weight excluding hydrogens is 366 g/mol. The zero-order chi connectivity index (χ0) is 20.8. The third-order valence-corrected chi connectivity index (χ3v) is 5.18. The van der Waals surface area contributed by atoms with Crippen molar-refractivity contribution in [1.29, 1.82) is 0 Å². The van der Waals surface area contributed by atoms with Crippen molar-refractivity contribution in [2.24, 2.45) is 5.92 Å². The highest BCUT2D eigenvalue weighted by molar-refractivity contribution is 5.79. The average molecular weight is 393 g/mol. The Labute approximate surface area is 170 Å². The van der Waals surface area contributed by atoms with E-state index in [4.69, 9.17) is 4.74 Å². The summed E-state index contributed by atoms with van der Waals surface area (Å²) < 4.78 is 5.21. The molecule has 0 radical (unpaired) electrons. The van der Waals surface area contributed by atoms with Crippen LogP contribution < -0.4 is 10.3 Å². The second kappa shape index (κ2) is 9.37. The van der Waals surface area contributed by atoms with Crippen LogP contribution in [0, 0.1) is 5.92 Å². The smallest absolute Gasteiger partial charge is 0.258 e. The molecule has 0 aliphatic carbocycles. The van der Waals surface area contributed by atoms with E-state index in [1.807, 2.05) is 56.3 Å². The third kappa shape index (κ3) is 4.83. The predicted octanol–water partition coefficient (Wildman–Crippen LogP) is 3.90. The molecule has 0 atom stereocenters. The molecule has 1 N–H and O–H groups in total. The minimum Gasteiger partial charge on any atom is -0.497 e. The van der Waals surface area contributed by atoms with Gasteiger partial charge in [-0.05, 0) is 42.7 Å². The van der Waals surface area contributed by atoms with E-state index < -0.39 is 0 Å². The summed E-state index contributed by atoms with van der Waals surface area (Å²) in [5, 5.41) is 0.546. The van der Waals surface area contributed by atoms with E-state index in [0.29, 0.717) is 23.3 Å². The SMILES string of the molecule is CCC(CC)C(=O)N(Cc1ccc(OC)cc1)Cc1nc2ccccc2c(=O)[nH]1. The summed E-state index contributed by atoms with van der Waals surface area (Å²) in [4.78, 5) is 34.8. The lowest BCUT2D eigenvalue weighted by molar-refractivity contribution is -0.137. The molecule has 0 aliphatic rings. The number of nitrogens with zero attached hydrogens (tertiary/aromatic N) is 2. The van der Waals surface area contributed by atoms with Crippen LogP contribution in [0.2, 0.25) is 0 Å². The summed E-state index contributed by atoms with van der Waals surface area (Å²) in [6.07, 6.45) is 1.55. The van der Waals surface area contributed by atoms with E-state index in [-0.39, 0.29) is 23.9 Å². The Morgan fingerprint density at radius 1 is 1.07 bits per heavy atom. The average Bonchev–Trinajstić information content (AvgIpc) is 2.74. The van der Waals surface area contributed by atoms with Crippen LogP contribution in [0.15, 0.2) is 53.3 Å². The van der Waals surface area contributed by atoms with Crippen LogP contribution >= 0.6 is 0 Å². The Hall–Kier alpha value is -3.15. The number of benzene rings is 2. The van der Waals surface area contributed by atoms with Crippen LogP contribution in [0.5, 0.6) is 5.75 Å². The fourth-order valence-corrected chi connectivity index (χ4v) is 3.45. The van der Waals surface area contributed by atoms with E-state index in [9.17, 15) is 9.59 Å². The summed E-state index contributed by atoms with van der Waals surface area (Å²) in [5.74, 6) is 1.27. The first kappa shape index (κ1) is 20.6. The minimum absolute atomic E-state index is 0.0552. The highest BCUT2D eigenvalue weighted by Crippen LogP contribution is 2.19. The number of hydrogen-bond donors (Lipinski definition) is 1. The largest absolute Gasteiger partial charge is 0.497 e. The first-order valence-electron chi connectivity index (χ1n) is 9.95. The number of rotatable bonds is 8. The van der Waals surface area contributed by atoms with E-state index in [2.05, 4.69) is 9.97 Å². The molecule has 0 saturated heterocycles. The van der Waals surface area contributed by atoms with Gasteiger partial charge in [0.25, 0.3) is 5.56 Å². The Bertz CT molecular complexity index is 1020. The Balaban J connectivity index is 1.91. The second-order valence-corrected chi connectivity index (χ2v) is 7.09. The number of ether oxygens (including phenoxy) is 1. The number of aromatic amines is 1. The van der Waals surface area contributed by atoms with Gasteiger partial charge in [0.15, 0.2) is 0 Å². The molecule has 2 aromatic carbocycles. The summed E-state index contributed by atoms with van der Waals surface area (Å²) in [6, 6.07) is 14.9. The number of para-hydroxylation sites is 1. The molecule has 0 spiro atoms. The highest BCUT2D eigenvalue weighted by Gasteiger charge is 2.23. The molecule has 6 heteroatoms. The third-order valence-electron chi connectivity index (χ3n) is 5.18. The van der Waals surface area contributed by atoms with Crippen LogP contribution in [0.1, 0.15) is 38.1 Å². The Kier molecular flexibility index (Phi) is 6.65. The highest BCUT2D eigenvalue weighted by atomic mass is 16.5. The van der Waals surface area contributed by atoms with E-state index in [1.54, 1.807) is 18.1 Å². The van der Waals surface area contributed by atoms with Crippen molar-refractivity contribution in [2.45, 2.75) is 39.8 Å². The molecule has 1 heterocycles. The number of aromatic nitrogens is 2. The lowest BCUT2D eigenvalue weighted by atomic mass is 10.0. The maximum atomic E-state index is 13.2. The number of methoxy groups -OCH3 is 1. The van der Waals surface area contributed by atoms with Gasteiger partial charge in [-0.15, -0.1) is 0 Å². The van der Waals surface area contributed by atoms with E-state index in [0.717, 1.165) is 24.2 Å². The molecule has 3 rings (SSSR count). The summed E-state index contributed by atoms with van der Waals surface area (Å²) in [6.45, 7) is 4.73. The van der Waals surface area contributed by atoms with Crippen molar-refractivity contribution >= 4 is 16.8 Å². The predicted molar refractivity (Wildman–Crippen MR) is 114 cm³/mol. The molecule has 0 fully saturated rings. The Morgan fingerprint density at radius 3 is 2.41 bits per heavy atom. The van der Waals surface area contributed by atoms with Gasteiger partial charge < -0.3 is 14.6 Å². The number of H-pyrrole nitrogens is 1. The van der Waals surface area contributed by atoms with Gasteiger partial charge in [-0.2, -0.15) is 0 Å². The zero-order valence-corrected chi connectivity index (χ0v) is 17.1. The summed E-state index contributed by atoms with van der Waals surface area (Å²) in [7, 11) is 1.62. The van der Waals surface area contributed by atoms with E-state index in [1.165, 1.54) is 0 Å². The van der Waals surface area contributed by atoms with Crippen LogP contribution in [0.25, 0.3) is 10.9 Å². The van der Waals surface area contributed by atoms with Gasteiger partial charge in [0, 0.05) is 12.5 Å². The molecule has 1 amide bonds. The molecule has 1 aromatic heterocycles. The summed E-state index contributed by atoms with van der Waals surface area (Å²) in [5.41, 5.74) is 1.43. The molecular formula is C23H27N3O3. The first-order valence-corrected chi connectivity index (χ1v) is 9.95. The molecule has 0 aliphatic heterocycles. The van der Waals surface area contributed by atoms with Gasteiger partial charge in [-0.25, -0.2) is 4.98 Å². The molecule has 0 saturated carbocycles. The number of nitrogens with one attached hydrogen (secondary N) is 1. The second-order valence-electron chi connectivity index (χ2n) is 7.09. The number of carbonyl (C=O) groups is 1. The molecule has 0 unspecified atom stereocenters. The lowest BCUT2D eigenvalue weighted by Crippen LogP contribution is -2.36. The van der Waals surface area contributed by atoms with Crippen molar-refractivity contribution in [3.63, 3.8) is 0 Å². The van der Waals surface area contributed by atoms with Crippen molar-refractivity contribution < 1.29 is 9.53 Å². The van der Waals surface area contributed by atoms with Gasteiger partial charge in [-0.1, -0.05) is 38.1 Å². The van der Waals surface area contributed by atoms with Gasteiger partial charge in [-0.3, -0.25) is 9.59 Å². The summed E-state index contributed by atoms with van der Waals surface area (Å²) >= 11 is 0. The quantitative estimate of drug-likeness (QED) is 0.630. The number of amides is 1. The van der Waals surface area contributed by atoms with Crippen LogP contribution in [0.4, 0.5) is 0 Å². The van der Waals surface area contributed by atoms with Gasteiger partial charge in [0.1, 0.15) is 11.6 Å². The van der Waals surface area contributed by atoms with Crippen molar-refractivity contribution in [3.8, 4) is 5.75 Å².